The number of rotatable bonds is 6. The zero-order chi connectivity index (χ0) is 19.4. The second-order valence-electron chi connectivity index (χ2n) is 5.56. The minimum Gasteiger partial charge on any atom is -0.493 e. The molecule has 3 aromatic rings. The fourth-order valence-corrected chi connectivity index (χ4v) is 3.20. The predicted octanol–water partition coefficient (Wildman–Crippen LogP) is 5.58. The van der Waals surface area contributed by atoms with Gasteiger partial charge in [0.05, 0.1) is 38.2 Å². The first-order valence-corrected chi connectivity index (χ1v) is 8.80. The number of aromatic amines is 1. The van der Waals surface area contributed by atoms with Crippen LogP contribution in [0.2, 0.25) is 10.0 Å². The molecular weight excluding hydrogens is 387 g/mol. The molecule has 0 fully saturated rings. The van der Waals surface area contributed by atoms with Crippen molar-refractivity contribution in [2.24, 2.45) is 0 Å². The average Bonchev–Trinajstić information content (AvgIpc) is 3.13. The molecule has 0 spiro atoms. The van der Waals surface area contributed by atoms with Gasteiger partial charge in [0.15, 0.2) is 11.5 Å². The monoisotopic (exact) mass is 404 g/mol. The van der Waals surface area contributed by atoms with Gasteiger partial charge in [0.2, 0.25) is 5.75 Å². The molecular formula is C20H18Cl2N2O3. The highest BCUT2D eigenvalue weighted by Crippen LogP contribution is 2.40. The number of halogens is 2. The Morgan fingerprint density at radius 2 is 1.70 bits per heavy atom. The predicted molar refractivity (Wildman–Crippen MR) is 109 cm³/mol. The molecule has 27 heavy (non-hydrogen) atoms. The molecule has 0 saturated heterocycles. The number of methoxy groups -OCH3 is 3. The van der Waals surface area contributed by atoms with Crippen LogP contribution in [0.1, 0.15) is 11.4 Å². The minimum atomic E-state index is 0.537. The van der Waals surface area contributed by atoms with E-state index in [1.54, 1.807) is 39.7 Å². The highest BCUT2D eigenvalue weighted by molar-refractivity contribution is 6.36. The Morgan fingerprint density at radius 1 is 0.926 bits per heavy atom. The van der Waals surface area contributed by atoms with E-state index in [9.17, 15) is 0 Å². The van der Waals surface area contributed by atoms with Crippen LogP contribution in [0.5, 0.6) is 17.2 Å². The first-order chi connectivity index (χ1) is 13.1. The number of benzene rings is 2. The molecule has 0 aliphatic heterocycles. The zero-order valence-electron chi connectivity index (χ0n) is 15.0. The van der Waals surface area contributed by atoms with Gasteiger partial charge in [-0.1, -0.05) is 23.2 Å². The van der Waals surface area contributed by atoms with Crippen LogP contribution >= 0.6 is 23.2 Å². The van der Waals surface area contributed by atoms with E-state index in [-0.39, 0.29) is 0 Å². The van der Waals surface area contributed by atoms with Crippen LogP contribution in [0.3, 0.4) is 0 Å². The molecule has 0 amide bonds. The SMILES string of the molecule is COc1ccc(/C=C/c2ncc(-c3ccc(Cl)cc3Cl)[nH]2)c(OC)c1OC. The van der Waals surface area contributed by atoms with Gasteiger partial charge in [-0.25, -0.2) is 4.98 Å². The standard InChI is InChI=1S/C20H18Cl2N2O3/c1-25-17-8-4-12(19(26-2)20(17)27-3)5-9-18-23-11-16(24-18)14-7-6-13(21)10-15(14)22/h4-11H,1-3H3,(H,23,24)/b9-5+. The summed E-state index contributed by atoms with van der Waals surface area (Å²) in [5.74, 6) is 2.40. The van der Waals surface area contributed by atoms with Crippen molar-refractivity contribution < 1.29 is 14.2 Å². The molecule has 3 rings (SSSR count). The molecule has 1 N–H and O–H groups in total. The van der Waals surface area contributed by atoms with Crippen LogP contribution in [0, 0.1) is 0 Å². The van der Waals surface area contributed by atoms with Crippen molar-refractivity contribution in [3.63, 3.8) is 0 Å². The maximum absolute atomic E-state index is 6.26. The number of ether oxygens (including phenoxy) is 3. The van der Waals surface area contributed by atoms with Crippen LogP contribution in [-0.2, 0) is 0 Å². The fourth-order valence-electron chi connectivity index (χ4n) is 2.69. The van der Waals surface area contributed by atoms with Crippen molar-refractivity contribution in [2.75, 3.05) is 21.3 Å². The van der Waals surface area contributed by atoms with E-state index in [0.717, 1.165) is 16.8 Å². The van der Waals surface area contributed by atoms with Crippen LogP contribution in [0.15, 0.2) is 36.5 Å². The largest absolute Gasteiger partial charge is 0.493 e. The topological polar surface area (TPSA) is 56.4 Å². The van der Waals surface area contributed by atoms with E-state index < -0.39 is 0 Å². The third-order valence-electron chi connectivity index (χ3n) is 3.97. The summed E-state index contributed by atoms with van der Waals surface area (Å²) >= 11 is 12.2. The molecule has 0 aliphatic rings. The highest BCUT2D eigenvalue weighted by Gasteiger charge is 2.14. The normalized spacial score (nSPS) is 11.0. The van der Waals surface area contributed by atoms with E-state index in [0.29, 0.717) is 33.1 Å². The Kier molecular flexibility index (Phi) is 5.94. The van der Waals surface area contributed by atoms with Gasteiger partial charge < -0.3 is 19.2 Å². The molecule has 0 atom stereocenters. The van der Waals surface area contributed by atoms with Gasteiger partial charge in [0, 0.05) is 16.1 Å². The van der Waals surface area contributed by atoms with Crippen molar-refractivity contribution >= 4 is 35.4 Å². The quantitative estimate of drug-likeness (QED) is 0.582. The summed E-state index contributed by atoms with van der Waals surface area (Å²) in [6.45, 7) is 0. The zero-order valence-corrected chi connectivity index (χ0v) is 16.6. The molecule has 5 nitrogen and oxygen atoms in total. The van der Waals surface area contributed by atoms with Crippen molar-refractivity contribution in [1.29, 1.82) is 0 Å². The summed E-state index contributed by atoms with van der Waals surface area (Å²) < 4.78 is 16.2. The first kappa shape index (κ1) is 19.1. The number of H-pyrrole nitrogens is 1. The van der Waals surface area contributed by atoms with Crippen LogP contribution < -0.4 is 14.2 Å². The third kappa shape index (κ3) is 4.04. The van der Waals surface area contributed by atoms with Crippen molar-refractivity contribution in [1.82, 2.24) is 9.97 Å². The maximum atomic E-state index is 6.26. The number of aromatic nitrogens is 2. The number of hydrogen-bond donors (Lipinski definition) is 1. The lowest BCUT2D eigenvalue weighted by atomic mass is 10.1. The fraction of sp³-hybridized carbons (Fsp3) is 0.150. The van der Waals surface area contributed by atoms with Gasteiger partial charge in [-0.2, -0.15) is 0 Å². The van der Waals surface area contributed by atoms with Crippen LogP contribution in [0.25, 0.3) is 23.4 Å². The summed E-state index contributed by atoms with van der Waals surface area (Å²) in [5.41, 5.74) is 2.46. The molecule has 0 radical (unpaired) electrons. The number of imidazole rings is 1. The van der Waals surface area contributed by atoms with E-state index in [1.807, 2.05) is 30.4 Å². The number of nitrogens with zero attached hydrogens (tertiary/aromatic N) is 1. The summed E-state index contributed by atoms with van der Waals surface area (Å²) in [6.07, 6.45) is 5.45. The average molecular weight is 405 g/mol. The second-order valence-corrected chi connectivity index (χ2v) is 6.41. The number of nitrogens with one attached hydrogen (secondary N) is 1. The van der Waals surface area contributed by atoms with Crippen molar-refractivity contribution in [3.05, 3.63) is 58.0 Å². The van der Waals surface area contributed by atoms with Gasteiger partial charge in [-0.05, 0) is 42.5 Å². The molecule has 0 aliphatic carbocycles. The molecule has 0 saturated carbocycles. The van der Waals surface area contributed by atoms with Gasteiger partial charge in [-0.15, -0.1) is 0 Å². The highest BCUT2D eigenvalue weighted by atomic mass is 35.5. The van der Waals surface area contributed by atoms with Crippen molar-refractivity contribution in [3.8, 4) is 28.5 Å². The molecule has 0 bridgehead atoms. The lowest BCUT2D eigenvalue weighted by Gasteiger charge is -2.13. The molecule has 7 heteroatoms. The Hall–Kier alpha value is -2.63. The molecule has 0 unspecified atom stereocenters. The summed E-state index contributed by atoms with van der Waals surface area (Å²) in [6, 6.07) is 9.04. The van der Waals surface area contributed by atoms with E-state index in [2.05, 4.69) is 9.97 Å². The maximum Gasteiger partial charge on any atom is 0.203 e. The Morgan fingerprint density at radius 3 is 2.37 bits per heavy atom. The summed E-state index contributed by atoms with van der Waals surface area (Å²) in [5, 5.41) is 1.15. The van der Waals surface area contributed by atoms with Crippen LogP contribution in [-0.4, -0.2) is 31.3 Å². The Bertz CT molecular complexity index is 983. The number of hydrogen-bond acceptors (Lipinski definition) is 4. The van der Waals surface area contributed by atoms with Gasteiger partial charge in [-0.3, -0.25) is 0 Å². The molecule has 140 valence electrons. The van der Waals surface area contributed by atoms with E-state index in [4.69, 9.17) is 37.4 Å². The summed E-state index contributed by atoms with van der Waals surface area (Å²) in [7, 11) is 4.74. The van der Waals surface area contributed by atoms with Crippen molar-refractivity contribution in [2.45, 2.75) is 0 Å². The van der Waals surface area contributed by atoms with E-state index in [1.165, 1.54) is 0 Å². The molecule has 2 aromatic carbocycles. The van der Waals surface area contributed by atoms with Crippen LogP contribution in [0.4, 0.5) is 0 Å². The van der Waals surface area contributed by atoms with E-state index >= 15 is 0 Å². The first-order valence-electron chi connectivity index (χ1n) is 8.04. The Labute approximate surface area is 167 Å². The summed E-state index contributed by atoms with van der Waals surface area (Å²) in [4.78, 5) is 7.60. The molecule has 1 heterocycles. The Balaban J connectivity index is 1.90. The minimum absolute atomic E-state index is 0.537. The van der Waals surface area contributed by atoms with Gasteiger partial charge >= 0.3 is 0 Å². The smallest absolute Gasteiger partial charge is 0.203 e. The third-order valence-corrected chi connectivity index (χ3v) is 4.52. The second kappa shape index (κ2) is 8.37. The lowest BCUT2D eigenvalue weighted by Crippen LogP contribution is -1.96. The lowest BCUT2D eigenvalue weighted by molar-refractivity contribution is 0.324. The molecule has 1 aromatic heterocycles. The van der Waals surface area contributed by atoms with Gasteiger partial charge in [0.25, 0.3) is 0 Å². The van der Waals surface area contributed by atoms with Gasteiger partial charge in [0.1, 0.15) is 5.82 Å².